The summed E-state index contributed by atoms with van der Waals surface area (Å²) in [5.74, 6) is 0.604. The summed E-state index contributed by atoms with van der Waals surface area (Å²) in [4.78, 5) is 25.0. The number of carbonyl (C=O) groups excluding carboxylic acids is 2. The zero-order valence-electron chi connectivity index (χ0n) is 14.7. The number of carbonyl (C=O) groups is 2. The molecule has 2 N–H and O–H groups in total. The third kappa shape index (κ3) is 4.85. The quantitative estimate of drug-likeness (QED) is 0.735. The first kappa shape index (κ1) is 18.9. The molecule has 140 valence electrons. The van der Waals surface area contributed by atoms with E-state index in [1.54, 1.807) is 11.3 Å². The summed E-state index contributed by atoms with van der Waals surface area (Å²) >= 11 is 2.89. The Bertz CT molecular complexity index is 738. The normalized spacial score (nSPS) is 15.0. The van der Waals surface area contributed by atoms with E-state index in [2.05, 4.69) is 20.8 Å². The van der Waals surface area contributed by atoms with Crippen molar-refractivity contribution in [1.29, 1.82) is 0 Å². The molecule has 0 radical (unpaired) electrons. The lowest BCUT2D eigenvalue weighted by atomic mass is 9.96. The zero-order valence-corrected chi connectivity index (χ0v) is 16.4. The number of amides is 3. The van der Waals surface area contributed by atoms with Gasteiger partial charge in [0.2, 0.25) is 5.91 Å². The molecule has 9 heteroatoms. The van der Waals surface area contributed by atoms with Crippen molar-refractivity contribution in [3.05, 3.63) is 17.5 Å². The highest BCUT2D eigenvalue weighted by Crippen LogP contribution is 2.27. The summed E-state index contributed by atoms with van der Waals surface area (Å²) in [7, 11) is 0. The second-order valence-corrected chi connectivity index (χ2v) is 8.06. The number of nitrogens with one attached hydrogen (secondary N) is 2. The highest BCUT2D eigenvalue weighted by atomic mass is 32.2. The predicted octanol–water partition coefficient (Wildman–Crippen LogP) is 3.28. The van der Waals surface area contributed by atoms with E-state index in [4.69, 9.17) is 0 Å². The lowest BCUT2D eigenvalue weighted by Crippen LogP contribution is -2.45. The molecule has 3 amide bonds. The third-order valence-electron chi connectivity index (χ3n) is 4.30. The Balaban J connectivity index is 1.50. The fourth-order valence-electron chi connectivity index (χ4n) is 3.03. The SMILES string of the molecule is CCn1c(SCC(=O)NC(=O)NC2CCCCC2)nnc1-c1cccs1. The first-order valence-corrected chi connectivity index (χ1v) is 10.7. The van der Waals surface area contributed by atoms with Crippen LogP contribution in [-0.2, 0) is 11.3 Å². The molecular formula is C17H23N5O2S2. The summed E-state index contributed by atoms with van der Waals surface area (Å²) in [6.45, 7) is 2.73. The molecule has 2 aromatic heterocycles. The molecule has 1 fully saturated rings. The van der Waals surface area contributed by atoms with E-state index in [0.717, 1.165) is 36.4 Å². The predicted molar refractivity (Wildman–Crippen MR) is 103 cm³/mol. The summed E-state index contributed by atoms with van der Waals surface area (Å²) in [6, 6.07) is 3.75. The number of nitrogens with zero attached hydrogens (tertiary/aromatic N) is 3. The smallest absolute Gasteiger partial charge is 0.321 e. The van der Waals surface area contributed by atoms with Gasteiger partial charge in [0.25, 0.3) is 0 Å². The number of thioether (sulfide) groups is 1. The number of hydrogen-bond acceptors (Lipinski definition) is 6. The van der Waals surface area contributed by atoms with E-state index >= 15 is 0 Å². The summed E-state index contributed by atoms with van der Waals surface area (Å²) < 4.78 is 1.98. The lowest BCUT2D eigenvalue weighted by Gasteiger charge is -2.22. The summed E-state index contributed by atoms with van der Waals surface area (Å²) in [5.41, 5.74) is 0. The number of hydrogen-bond donors (Lipinski definition) is 2. The highest BCUT2D eigenvalue weighted by molar-refractivity contribution is 7.99. The maximum atomic E-state index is 12.1. The van der Waals surface area contributed by atoms with Crippen LogP contribution in [0.1, 0.15) is 39.0 Å². The molecule has 0 aromatic carbocycles. The van der Waals surface area contributed by atoms with Crippen LogP contribution in [0.15, 0.2) is 22.7 Å². The van der Waals surface area contributed by atoms with Crippen molar-refractivity contribution in [2.24, 2.45) is 0 Å². The largest absolute Gasteiger partial charge is 0.335 e. The molecule has 1 aliphatic carbocycles. The van der Waals surface area contributed by atoms with E-state index in [9.17, 15) is 9.59 Å². The van der Waals surface area contributed by atoms with Crippen molar-refractivity contribution in [1.82, 2.24) is 25.4 Å². The van der Waals surface area contributed by atoms with Crippen molar-refractivity contribution in [2.75, 3.05) is 5.75 Å². The van der Waals surface area contributed by atoms with Gasteiger partial charge in [-0.05, 0) is 31.2 Å². The van der Waals surface area contributed by atoms with Gasteiger partial charge >= 0.3 is 6.03 Å². The van der Waals surface area contributed by atoms with Crippen LogP contribution in [0.2, 0.25) is 0 Å². The van der Waals surface area contributed by atoms with Crippen LogP contribution in [0.5, 0.6) is 0 Å². The Morgan fingerprint density at radius 3 is 2.81 bits per heavy atom. The van der Waals surface area contributed by atoms with Crippen molar-refractivity contribution in [2.45, 2.75) is 56.8 Å². The standard InChI is InChI=1S/C17H23N5O2S2/c1-2-22-15(13-9-6-10-25-13)20-21-17(22)26-11-14(23)19-16(24)18-12-7-4-3-5-8-12/h6,9-10,12H,2-5,7-8,11H2,1H3,(H2,18,19,23,24). The van der Waals surface area contributed by atoms with Gasteiger partial charge < -0.3 is 9.88 Å². The Morgan fingerprint density at radius 1 is 1.31 bits per heavy atom. The second-order valence-electron chi connectivity index (χ2n) is 6.17. The number of urea groups is 1. The summed E-state index contributed by atoms with van der Waals surface area (Å²) in [5, 5.41) is 16.4. The minimum absolute atomic E-state index is 0.126. The van der Waals surface area contributed by atoms with Crippen molar-refractivity contribution < 1.29 is 9.59 Å². The molecule has 0 saturated heterocycles. The van der Waals surface area contributed by atoms with Crippen molar-refractivity contribution >= 4 is 35.0 Å². The van der Waals surface area contributed by atoms with Crippen molar-refractivity contribution in [3.63, 3.8) is 0 Å². The van der Waals surface area contributed by atoms with Gasteiger partial charge in [0, 0.05) is 12.6 Å². The van der Waals surface area contributed by atoms with Crippen LogP contribution in [0.25, 0.3) is 10.7 Å². The molecule has 26 heavy (non-hydrogen) atoms. The first-order valence-electron chi connectivity index (χ1n) is 8.87. The molecular weight excluding hydrogens is 370 g/mol. The van der Waals surface area contributed by atoms with Crippen LogP contribution in [0.4, 0.5) is 4.79 Å². The number of thiophene rings is 1. The van der Waals surface area contributed by atoms with E-state index in [1.165, 1.54) is 18.2 Å². The third-order valence-corrected chi connectivity index (χ3v) is 6.13. The van der Waals surface area contributed by atoms with Gasteiger partial charge in [0.1, 0.15) is 0 Å². The van der Waals surface area contributed by atoms with Gasteiger partial charge in [-0.15, -0.1) is 21.5 Å². The Hall–Kier alpha value is -1.87. The van der Waals surface area contributed by atoms with E-state index in [1.807, 2.05) is 29.0 Å². The molecule has 0 bridgehead atoms. The molecule has 2 aromatic rings. The van der Waals surface area contributed by atoms with Gasteiger partial charge in [-0.25, -0.2) is 4.79 Å². The van der Waals surface area contributed by atoms with Gasteiger partial charge in [-0.1, -0.05) is 37.1 Å². The zero-order chi connectivity index (χ0) is 18.4. The minimum atomic E-state index is -0.404. The average Bonchev–Trinajstić information content (AvgIpc) is 3.29. The Kier molecular flexibility index (Phi) is 6.67. The van der Waals surface area contributed by atoms with Crippen molar-refractivity contribution in [3.8, 4) is 10.7 Å². The van der Waals surface area contributed by atoms with Crippen LogP contribution in [0, 0.1) is 0 Å². The van der Waals surface area contributed by atoms with E-state index < -0.39 is 6.03 Å². The van der Waals surface area contributed by atoms with Gasteiger partial charge in [-0.2, -0.15) is 0 Å². The topological polar surface area (TPSA) is 88.9 Å². The summed E-state index contributed by atoms with van der Waals surface area (Å²) in [6.07, 6.45) is 5.46. The monoisotopic (exact) mass is 393 g/mol. The number of imide groups is 1. The first-order chi connectivity index (χ1) is 12.7. The molecule has 0 atom stereocenters. The van der Waals surface area contributed by atoms with Gasteiger partial charge in [0.15, 0.2) is 11.0 Å². The molecule has 0 spiro atoms. The van der Waals surface area contributed by atoms with E-state index in [0.29, 0.717) is 11.7 Å². The molecule has 1 saturated carbocycles. The molecule has 3 rings (SSSR count). The van der Waals surface area contributed by atoms with Crippen LogP contribution in [-0.4, -0.2) is 38.5 Å². The average molecular weight is 394 g/mol. The van der Waals surface area contributed by atoms with Crippen LogP contribution < -0.4 is 10.6 Å². The molecule has 2 heterocycles. The fourth-order valence-corrected chi connectivity index (χ4v) is 4.55. The molecule has 7 nitrogen and oxygen atoms in total. The van der Waals surface area contributed by atoms with Crippen LogP contribution >= 0.6 is 23.1 Å². The highest BCUT2D eigenvalue weighted by Gasteiger charge is 2.18. The Morgan fingerprint density at radius 2 is 2.12 bits per heavy atom. The second kappa shape index (κ2) is 9.18. The number of aromatic nitrogens is 3. The van der Waals surface area contributed by atoms with Gasteiger partial charge in [0.05, 0.1) is 10.6 Å². The molecule has 1 aliphatic rings. The maximum absolute atomic E-state index is 12.1. The Labute approximate surface area is 161 Å². The van der Waals surface area contributed by atoms with Gasteiger partial charge in [-0.3, -0.25) is 10.1 Å². The lowest BCUT2D eigenvalue weighted by molar-refractivity contribution is -0.117. The molecule has 0 aliphatic heterocycles. The number of rotatable bonds is 6. The van der Waals surface area contributed by atoms with E-state index in [-0.39, 0.29) is 17.7 Å². The molecule has 0 unspecified atom stereocenters. The fraction of sp³-hybridized carbons (Fsp3) is 0.529. The maximum Gasteiger partial charge on any atom is 0.321 e. The minimum Gasteiger partial charge on any atom is -0.335 e. The van der Waals surface area contributed by atoms with Crippen LogP contribution in [0.3, 0.4) is 0 Å².